The van der Waals surface area contributed by atoms with Crippen molar-refractivity contribution in [3.63, 3.8) is 0 Å². The summed E-state index contributed by atoms with van der Waals surface area (Å²) < 4.78 is 34.7. The van der Waals surface area contributed by atoms with E-state index in [2.05, 4.69) is 9.71 Å². The molecule has 1 atom stereocenters. The van der Waals surface area contributed by atoms with E-state index < -0.39 is 10.0 Å². The van der Waals surface area contributed by atoms with Crippen molar-refractivity contribution >= 4 is 15.9 Å². The first-order chi connectivity index (χ1) is 13.9. The fourth-order valence-electron chi connectivity index (χ4n) is 3.54. The van der Waals surface area contributed by atoms with Crippen molar-refractivity contribution in [2.45, 2.75) is 37.6 Å². The molecule has 3 rings (SSSR count). The highest BCUT2D eigenvalue weighted by atomic mass is 32.2. The van der Waals surface area contributed by atoms with E-state index in [0.717, 1.165) is 25.2 Å². The molecule has 29 heavy (non-hydrogen) atoms. The number of carbonyl (C=O) groups excluding carboxylic acids is 1. The molecule has 1 N–H and O–H groups in total. The molecule has 0 unspecified atom stereocenters. The lowest BCUT2D eigenvalue weighted by Crippen LogP contribution is -2.43. The number of ether oxygens (including phenoxy) is 1. The van der Waals surface area contributed by atoms with Gasteiger partial charge in [0.05, 0.1) is 12.0 Å². The second-order valence-corrected chi connectivity index (χ2v) is 9.06. The SMILES string of the molecule is COc1ccc(S(=O)(=O)NC[C@H]2CCCN(C(=O)CCn3ccnc3C)C2)cc1. The van der Waals surface area contributed by atoms with Crippen LogP contribution in [0.4, 0.5) is 0 Å². The number of methoxy groups -OCH3 is 1. The molecule has 1 aliphatic rings. The van der Waals surface area contributed by atoms with Gasteiger partial charge in [0.2, 0.25) is 15.9 Å². The lowest BCUT2D eigenvalue weighted by atomic mass is 9.98. The molecular formula is C20H28N4O4S. The van der Waals surface area contributed by atoms with Crippen LogP contribution in [0.5, 0.6) is 5.75 Å². The predicted molar refractivity (Wildman–Crippen MR) is 109 cm³/mol. The molecule has 1 aromatic heterocycles. The van der Waals surface area contributed by atoms with Gasteiger partial charge >= 0.3 is 0 Å². The molecule has 0 spiro atoms. The first-order valence-electron chi connectivity index (χ1n) is 9.78. The number of likely N-dealkylation sites (tertiary alicyclic amines) is 1. The Kier molecular flexibility index (Phi) is 6.92. The zero-order chi connectivity index (χ0) is 20.9. The van der Waals surface area contributed by atoms with Crippen LogP contribution in [0.25, 0.3) is 0 Å². The number of sulfonamides is 1. The fraction of sp³-hybridized carbons (Fsp3) is 0.500. The maximum atomic E-state index is 12.6. The third kappa shape index (κ3) is 5.57. The number of benzene rings is 1. The number of amides is 1. The lowest BCUT2D eigenvalue weighted by molar-refractivity contribution is -0.133. The molecule has 1 amide bonds. The number of hydrogen-bond acceptors (Lipinski definition) is 5. The smallest absolute Gasteiger partial charge is 0.240 e. The Hall–Kier alpha value is -2.39. The Morgan fingerprint density at radius 2 is 2.07 bits per heavy atom. The van der Waals surface area contributed by atoms with Gasteiger partial charge in [-0.25, -0.2) is 18.1 Å². The molecule has 158 valence electrons. The minimum atomic E-state index is -3.59. The van der Waals surface area contributed by atoms with E-state index in [1.807, 2.05) is 22.6 Å². The number of imidazole rings is 1. The Morgan fingerprint density at radius 1 is 1.31 bits per heavy atom. The molecular weight excluding hydrogens is 392 g/mol. The van der Waals surface area contributed by atoms with E-state index in [-0.39, 0.29) is 16.7 Å². The number of hydrogen-bond donors (Lipinski definition) is 1. The zero-order valence-electron chi connectivity index (χ0n) is 16.9. The largest absolute Gasteiger partial charge is 0.497 e. The van der Waals surface area contributed by atoms with E-state index >= 15 is 0 Å². The Morgan fingerprint density at radius 3 is 2.72 bits per heavy atom. The molecule has 9 heteroatoms. The summed E-state index contributed by atoms with van der Waals surface area (Å²) in [4.78, 5) is 18.8. The third-order valence-corrected chi connectivity index (χ3v) is 6.73. The van der Waals surface area contributed by atoms with E-state index in [1.165, 1.54) is 19.2 Å². The maximum absolute atomic E-state index is 12.6. The van der Waals surface area contributed by atoms with Gasteiger partial charge in [-0.1, -0.05) is 0 Å². The maximum Gasteiger partial charge on any atom is 0.240 e. The van der Waals surface area contributed by atoms with Crippen molar-refractivity contribution in [3.05, 3.63) is 42.5 Å². The quantitative estimate of drug-likeness (QED) is 0.703. The number of piperidine rings is 1. The van der Waals surface area contributed by atoms with Crippen LogP contribution in [0.15, 0.2) is 41.6 Å². The van der Waals surface area contributed by atoms with Crippen molar-refractivity contribution in [3.8, 4) is 5.75 Å². The lowest BCUT2D eigenvalue weighted by Gasteiger charge is -2.33. The van der Waals surface area contributed by atoms with Crippen molar-refractivity contribution in [2.75, 3.05) is 26.7 Å². The van der Waals surface area contributed by atoms with Gasteiger partial charge in [0, 0.05) is 45.0 Å². The van der Waals surface area contributed by atoms with E-state index in [4.69, 9.17) is 4.74 Å². The van der Waals surface area contributed by atoms with Gasteiger partial charge in [-0.3, -0.25) is 4.79 Å². The van der Waals surface area contributed by atoms with E-state index in [9.17, 15) is 13.2 Å². The molecule has 1 aliphatic heterocycles. The average Bonchev–Trinajstić information content (AvgIpc) is 3.15. The fourth-order valence-corrected chi connectivity index (χ4v) is 4.65. The van der Waals surface area contributed by atoms with Gasteiger partial charge in [0.25, 0.3) is 0 Å². The van der Waals surface area contributed by atoms with Gasteiger partial charge in [-0.05, 0) is 49.9 Å². The molecule has 2 heterocycles. The van der Waals surface area contributed by atoms with Gasteiger partial charge in [-0.2, -0.15) is 0 Å². The second kappa shape index (κ2) is 9.41. The van der Waals surface area contributed by atoms with E-state index in [0.29, 0.717) is 31.8 Å². The minimum absolute atomic E-state index is 0.0980. The molecule has 0 aliphatic carbocycles. The summed E-state index contributed by atoms with van der Waals surface area (Å²) in [7, 11) is -2.05. The Labute approximate surface area is 171 Å². The number of nitrogens with zero attached hydrogens (tertiary/aromatic N) is 3. The summed E-state index contributed by atoms with van der Waals surface area (Å²) in [6.07, 6.45) is 5.79. The molecule has 2 aromatic rings. The number of carbonyl (C=O) groups is 1. The van der Waals surface area contributed by atoms with Crippen molar-refractivity contribution in [1.29, 1.82) is 0 Å². The summed E-state index contributed by atoms with van der Waals surface area (Å²) in [6.45, 7) is 4.14. The highest BCUT2D eigenvalue weighted by Gasteiger charge is 2.25. The first-order valence-corrected chi connectivity index (χ1v) is 11.3. The highest BCUT2D eigenvalue weighted by Crippen LogP contribution is 2.19. The van der Waals surface area contributed by atoms with Crippen molar-refractivity contribution in [2.24, 2.45) is 5.92 Å². The van der Waals surface area contributed by atoms with Crippen LogP contribution < -0.4 is 9.46 Å². The van der Waals surface area contributed by atoms with Crippen LogP contribution in [0.2, 0.25) is 0 Å². The van der Waals surface area contributed by atoms with Gasteiger partial charge in [0.15, 0.2) is 0 Å². The highest BCUT2D eigenvalue weighted by molar-refractivity contribution is 7.89. The van der Waals surface area contributed by atoms with Crippen LogP contribution in [0.1, 0.15) is 25.1 Å². The van der Waals surface area contributed by atoms with Gasteiger partial charge in [0.1, 0.15) is 11.6 Å². The monoisotopic (exact) mass is 420 g/mol. The van der Waals surface area contributed by atoms with Gasteiger partial charge in [-0.15, -0.1) is 0 Å². The normalized spacial score (nSPS) is 17.3. The molecule has 0 bridgehead atoms. The first kappa shape index (κ1) is 21.3. The van der Waals surface area contributed by atoms with Crippen LogP contribution >= 0.6 is 0 Å². The molecule has 1 aromatic carbocycles. The Bertz CT molecular complexity index is 924. The standard InChI is InChI=1S/C20H28N4O4S/c1-16-21-10-13-23(16)12-9-20(25)24-11-3-4-17(15-24)14-22-29(26,27)19-7-5-18(28-2)6-8-19/h5-8,10,13,17,22H,3-4,9,11-12,14-15H2,1-2H3/t17-/m1/s1. The van der Waals surface area contributed by atoms with Crippen LogP contribution in [0, 0.1) is 12.8 Å². The Balaban J connectivity index is 1.51. The van der Waals surface area contributed by atoms with Crippen molar-refractivity contribution < 1.29 is 17.9 Å². The molecule has 1 saturated heterocycles. The molecule has 8 nitrogen and oxygen atoms in total. The minimum Gasteiger partial charge on any atom is -0.497 e. The number of aryl methyl sites for hydroxylation is 2. The topological polar surface area (TPSA) is 93.5 Å². The van der Waals surface area contributed by atoms with Crippen LogP contribution in [0.3, 0.4) is 0 Å². The van der Waals surface area contributed by atoms with Crippen LogP contribution in [-0.2, 0) is 21.4 Å². The number of rotatable bonds is 8. The second-order valence-electron chi connectivity index (χ2n) is 7.29. The van der Waals surface area contributed by atoms with Crippen molar-refractivity contribution in [1.82, 2.24) is 19.2 Å². The number of nitrogens with one attached hydrogen (secondary N) is 1. The summed E-state index contributed by atoms with van der Waals surface area (Å²) >= 11 is 0. The van der Waals surface area contributed by atoms with E-state index in [1.54, 1.807) is 18.3 Å². The zero-order valence-corrected chi connectivity index (χ0v) is 17.7. The summed E-state index contributed by atoms with van der Waals surface area (Å²) in [5, 5.41) is 0. The van der Waals surface area contributed by atoms with Crippen LogP contribution in [-0.4, -0.2) is 55.5 Å². The predicted octanol–water partition coefficient (Wildman–Crippen LogP) is 1.81. The summed E-state index contributed by atoms with van der Waals surface area (Å²) in [6, 6.07) is 6.29. The molecule has 0 radical (unpaired) electrons. The molecule has 1 fully saturated rings. The number of aromatic nitrogens is 2. The summed E-state index contributed by atoms with van der Waals surface area (Å²) in [5.74, 6) is 1.70. The third-order valence-electron chi connectivity index (χ3n) is 5.29. The average molecular weight is 421 g/mol. The summed E-state index contributed by atoms with van der Waals surface area (Å²) in [5.41, 5.74) is 0. The molecule has 0 saturated carbocycles. The van der Waals surface area contributed by atoms with Gasteiger partial charge < -0.3 is 14.2 Å².